The second-order valence-electron chi connectivity index (χ2n) is 5.97. The molecule has 0 rings (SSSR count). The topological polar surface area (TPSA) is 41.1 Å². The van der Waals surface area contributed by atoms with Gasteiger partial charge in [-0.15, -0.1) is 0 Å². The molecule has 15 heavy (non-hydrogen) atoms. The van der Waals surface area contributed by atoms with Crippen LogP contribution in [0.1, 0.15) is 54.4 Å². The monoisotopic (exact) mass is 213 g/mol. The predicted octanol–water partition coefficient (Wildman–Crippen LogP) is 2.18. The molecular weight excluding hydrogens is 188 g/mol. The summed E-state index contributed by atoms with van der Waals surface area (Å²) in [7, 11) is 0. The van der Waals surface area contributed by atoms with Crippen LogP contribution in [-0.2, 0) is 4.79 Å². The summed E-state index contributed by atoms with van der Waals surface area (Å²) < 4.78 is 0. The number of hydrogen-bond acceptors (Lipinski definition) is 2. The standard InChI is InChI=1S/C12H25N2O/c1-7-10(13-9-15)14-12(5,6)8-11(2,3)4/h10,14H,7-8H2,1-6H3,(H,13,15). The summed E-state index contributed by atoms with van der Waals surface area (Å²) in [6.45, 7) is 13.0. The molecule has 0 bridgehead atoms. The van der Waals surface area contributed by atoms with Gasteiger partial charge in [-0.25, -0.2) is 0 Å². The van der Waals surface area contributed by atoms with Crippen LogP contribution in [0.3, 0.4) is 0 Å². The highest BCUT2D eigenvalue weighted by Gasteiger charge is 2.27. The molecule has 0 saturated heterocycles. The average molecular weight is 213 g/mol. The van der Waals surface area contributed by atoms with Gasteiger partial charge in [0, 0.05) is 5.54 Å². The Balaban J connectivity index is 4.27. The summed E-state index contributed by atoms with van der Waals surface area (Å²) in [4.78, 5) is 10.3. The molecule has 1 amide bonds. The molecule has 0 aliphatic carbocycles. The lowest BCUT2D eigenvalue weighted by Crippen LogP contribution is -2.53. The number of carbonyl (C=O) groups excluding carboxylic acids is 1. The van der Waals surface area contributed by atoms with Crippen molar-refractivity contribution in [1.29, 1.82) is 0 Å². The normalized spacial score (nSPS) is 14.8. The molecular formula is C12H25N2O. The summed E-state index contributed by atoms with van der Waals surface area (Å²) in [5, 5.41) is 6.08. The Hall–Kier alpha value is -0.570. The van der Waals surface area contributed by atoms with Crippen molar-refractivity contribution in [3.8, 4) is 0 Å². The van der Waals surface area contributed by atoms with Crippen molar-refractivity contribution in [3.63, 3.8) is 0 Å². The van der Waals surface area contributed by atoms with Gasteiger partial charge in [0.2, 0.25) is 0 Å². The number of hydrogen-bond donors (Lipinski definition) is 2. The third-order valence-corrected chi connectivity index (χ3v) is 2.18. The first kappa shape index (κ1) is 14.4. The van der Waals surface area contributed by atoms with Crippen molar-refractivity contribution in [2.24, 2.45) is 5.41 Å². The summed E-state index contributed by atoms with van der Waals surface area (Å²) in [6.07, 6.45) is 3.67. The highest BCUT2D eigenvalue weighted by molar-refractivity contribution is 5.47. The largest absolute Gasteiger partial charge is 0.333 e. The highest BCUT2D eigenvalue weighted by Crippen LogP contribution is 2.27. The van der Waals surface area contributed by atoms with Crippen molar-refractivity contribution in [3.05, 3.63) is 0 Å². The van der Waals surface area contributed by atoms with E-state index in [1.54, 1.807) is 6.41 Å². The zero-order chi connectivity index (χ0) is 12.1. The van der Waals surface area contributed by atoms with Gasteiger partial charge in [-0.3, -0.25) is 10.1 Å². The molecule has 1 radical (unpaired) electrons. The first-order valence-corrected chi connectivity index (χ1v) is 5.60. The van der Waals surface area contributed by atoms with E-state index in [0.29, 0.717) is 0 Å². The molecule has 0 saturated carbocycles. The molecule has 0 aliphatic rings. The quantitative estimate of drug-likeness (QED) is 0.524. The van der Waals surface area contributed by atoms with Gasteiger partial charge < -0.3 is 5.32 Å². The van der Waals surface area contributed by atoms with Gasteiger partial charge in [0.05, 0.1) is 6.17 Å². The van der Waals surface area contributed by atoms with Crippen molar-refractivity contribution < 1.29 is 4.79 Å². The third kappa shape index (κ3) is 7.37. The minimum absolute atomic E-state index is 0.0137. The fraction of sp³-hybridized carbons (Fsp3) is 0.917. The van der Waals surface area contributed by atoms with E-state index < -0.39 is 0 Å². The molecule has 89 valence electrons. The lowest BCUT2D eigenvalue weighted by atomic mass is 9.81. The zero-order valence-corrected chi connectivity index (χ0v) is 10.9. The molecule has 1 atom stereocenters. The number of rotatable bonds is 6. The lowest BCUT2D eigenvalue weighted by molar-refractivity contribution is 0.215. The average Bonchev–Trinajstić information content (AvgIpc) is 1.98. The van der Waals surface area contributed by atoms with Crippen LogP contribution in [0, 0.1) is 5.41 Å². The van der Waals surface area contributed by atoms with E-state index in [4.69, 9.17) is 0 Å². The first-order valence-electron chi connectivity index (χ1n) is 5.60. The fourth-order valence-electron chi connectivity index (χ4n) is 2.16. The Bertz CT molecular complexity index is 194. The molecule has 0 aromatic heterocycles. The smallest absolute Gasteiger partial charge is 0.310 e. The van der Waals surface area contributed by atoms with Crippen LogP contribution in [-0.4, -0.2) is 18.1 Å². The van der Waals surface area contributed by atoms with Crippen LogP contribution in [0.25, 0.3) is 0 Å². The minimum Gasteiger partial charge on any atom is -0.333 e. The van der Waals surface area contributed by atoms with Crippen LogP contribution >= 0.6 is 0 Å². The van der Waals surface area contributed by atoms with Crippen LogP contribution in [0.4, 0.5) is 0 Å². The summed E-state index contributed by atoms with van der Waals surface area (Å²) in [6, 6.07) is 0. The molecule has 0 aromatic carbocycles. The Labute approximate surface area is 94.0 Å². The third-order valence-electron chi connectivity index (χ3n) is 2.18. The van der Waals surface area contributed by atoms with E-state index in [2.05, 4.69) is 45.3 Å². The van der Waals surface area contributed by atoms with Gasteiger partial charge in [0.15, 0.2) is 0 Å². The van der Waals surface area contributed by atoms with Crippen molar-refractivity contribution in [2.45, 2.75) is 66.1 Å². The van der Waals surface area contributed by atoms with E-state index in [1.807, 2.05) is 6.92 Å². The lowest BCUT2D eigenvalue weighted by Gasteiger charge is -2.36. The molecule has 0 fully saturated rings. The molecule has 0 aliphatic heterocycles. The van der Waals surface area contributed by atoms with E-state index in [-0.39, 0.29) is 17.1 Å². The Morgan fingerprint density at radius 2 is 1.73 bits per heavy atom. The van der Waals surface area contributed by atoms with Crippen LogP contribution in [0.5, 0.6) is 0 Å². The van der Waals surface area contributed by atoms with Crippen LogP contribution in [0.15, 0.2) is 0 Å². The molecule has 0 spiro atoms. The minimum atomic E-state index is 0.0137. The second kappa shape index (κ2) is 5.50. The molecule has 3 nitrogen and oxygen atoms in total. The van der Waals surface area contributed by atoms with Gasteiger partial charge in [-0.1, -0.05) is 27.7 Å². The maximum Gasteiger partial charge on any atom is 0.310 e. The second-order valence-corrected chi connectivity index (χ2v) is 5.97. The highest BCUT2D eigenvalue weighted by atomic mass is 16.1. The molecule has 1 unspecified atom stereocenters. The van der Waals surface area contributed by atoms with Crippen molar-refractivity contribution >= 4 is 6.41 Å². The zero-order valence-electron chi connectivity index (χ0n) is 10.9. The SMILES string of the molecule is CCC(N[C]=O)NC(C)(C)CC(C)(C)C. The maximum absolute atomic E-state index is 10.3. The van der Waals surface area contributed by atoms with E-state index >= 15 is 0 Å². The van der Waals surface area contributed by atoms with Crippen LogP contribution < -0.4 is 10.6 Å². The number of amides is 1. The van der Waals surface area contributed by atoms with Crippen molar-refractivity contribution in [2.75, 3.05) is 0 Å². The van der Waals surface area contributed by atoms with Gasteiger partial charge in [-0.05, 0) is 32.1 Å². The molecule has 0 aromatic rings. The predicted molar refractivity (Wildman–Crippen MR) is 64.2 cm³/mol. The molecule has 2 N–H and O–H groups in total. The van der Waals surface area contributed by atoms with Crippen molar-refractivity contribution in [1.82, 2.24) is 10.6 Å². The van der Waals surface area contributed by atoms with Gasteiger partial charge >= 0.3 is 6.41 Å². The van der Waals surface area contributed by atoms with E-state index in [0.717, 1.165) is 12.8 Å². The van der Waals surface area contributed by atoms with Gasteiger partial charge in [-0.2, -0.15) is 0 Å². The van der Waals surface area contributed by atoms with Gasteiger partial charge in [0.1, 0.15) is 0 Å². The van der Waals surface area contributed by atoms with E-state index in [9.17, 15) is 4.79 Å². The fourth-order valence-corrected chi connectivity index (χ4v) is 2.16. The molecule has 0 heterocycles. The van der Waals surface area contributed by atoms with E-state index in [1.165, 1.54) is 0 Å². The summed E-state index contributed by atoms with van der Waals surface area (Å²) in [5.41, 5.74) is 0.294. The molecule has 3 heteroatoms. The first-order chi connectivity index (χ1) is 6.70. The Kier molecular flexibility index (Phi) is 5.29. The summed E-state index contributed by atoms with van der Waals surface area (Å²) >= 11 is 0. The Morgan fingerprint density at radius 3 is 2.07 bits per heavy atom. The van der Waals surface area contributed by atoms with Gasteiger partial charge in [0.25, 0.3) is 0 Å². The summed E-state index contributed by atoms with van der Waals surface area (Å²) in [5.74, 6) is 0. The number of nitrogens with one attached hydrogen (secondary N) is 2. The maximum atomic E-state index is 10.3. The van der Waals surface area contributed by atoms with Crippen LogP contribution in [0.2, 0.25) is 0 Å². The Morgan fingerprint density at radius 1 is 1.20 bits per heavy atom.